The molecule has 0 saturated heterocycles. The monoisotopic (exact) mass is 893 g/mol. The minimum atomic E-state index is 1.09. The second-order valence-corrected chi connectivity index (χ2v) is 18.6. The van der Waals surface area contributed by atoms with Crippen LogP contribution in [-0.4, -0.2) is 0 Å². The molecule has 0 unspecified atom stereocenters. The fourth-order valence-electron chi connectivity index (χ4n) is 10.5. The molecule has 12 aromatic carbocycles. The zero-order chi connectivity index (χ0) is 47.1. The van der Waals surface area contributed by atoms with Crippen LogP contribution in [0.4, 0.5) is 17.1 Å². The Morgan fingerprint density at radius 1 is 0.200 bits per heavy atom. The van der Waals surface area contributed by atoms with Gasteiger partial charge in [-0.3, -0.25) is 0 Å². The summed E-state index contributed by atoms with van der Waals surface area (Å²) in [6.07, 6.45) is 0. The zero-order valence-corrected chi connectivity index (χ0v) is 39.7. The summed E-state index contributed by atoms with van der Waals surface area (Å²) in [6, 6.07) is 93.6. The Hall–Kier alpha value is -8.78. The molecule has 0 aliphatic heterocycles. The van der Waals surface area contributed by atoms with E-state index in [1.807, 2.05) is 0 Å². The van der Waals surface area contributed by atoms with Gasteiger partial charge in [-0.25, -0.2) is 0 Å². The highest BCUT2D eigenvalue weighted by atomic mass is 15.1. The Morgan fingerprint density at radius 3 is 0.729 bits per heavy atom. The SMILES string of the molecule is Cc1ccc(-c2ccc(N(c3ccc(-c4ccc(C)c5cc(-c6ccccc6)ccc45)cc3)c3ccc(-c4ccc(C)c5cc(-c6ccccc6)ccc45)cc3)cc2)c2ccc(-c3ccccc3)cc12. The average Bonchev–Trinajstić information content (AvgIpc) is 3.43. The Morgan fingerprint density at radius 2 is 0.457 bits per heavy atom. The fourth-order valence-corrected chi connectivity index (χ4v) is 10.5. The van der Waals surface area contributed by atoms with Crippen molar-refractivity contribution in [3.8, 4) is 66.8 Å². The van der Waals surface area contributed by atoms with E-state index >= 15 is 0 Å². The van der Waals surface area contributed by atoms with Crippen LogP contribution in [0, 0.1) is 20.8 Å². The van der Waals surface area contributed by atoms with Gasteiger partial charge in [0.2, 0.25) is 0 Å². The lowest BCUT2D eigenvalue weighted by Crippen LogP contribution is -2.09. The van der Waals surface area contributed by atoms with Crippen molar-refractivity contribution >= 4 is 49.4 Å². The van der Waals surface area contributed by atoms with E-state index < -0.39 is 0 Å². The third-order valence-electron chi connectivity index (χ3n) is 14.3. The number of fused-ring (bicyclic) bond motifs is 3. The highest BCUT2D eigenvalue weighted by Gasteiger charge is 2.17. The molecular formula is C69H51N. The fraction of sp³-hybridized carbons (Fsp3) is 0.0435. The van der Waals surface area contributed by atoms with Crippen molar-refractivity contribution in [2.45, 2.75) is 20.8 Å². The van der Waals surface area contributed by atoms with Crippen LogP contribution in [0.3, 0.4) is 0 Å². The summed E-state index contributed by atoms with van der Waals surface area (Å²) in [6.45, 7) is 6.64. The first-order chi connectivity index (χ1) is 34.4. The summed E-state index contributed by atoms with van der Waals surface area (Å²) < 4.78 is 0. The standard InChI is InChI=1S/C69H51N/c1-46-19-37-61(64-40-28-55(43-67(46)64)49-13-7-4-8-14-49)52-22-31-58(32-23-52)70(59-33-24-53(25-34-59)62-38-20-47(2)68-44-56(29-41-65(62)68)50-15-9-5-10-16-50)60-35-26-54(27-36-60)63-39-21-48(3)69-45-57(30-42-66(63)69)51-17-11-6-12-18-51/h4-45H,1-3H3. The highest BCUT2D eigenvalue weighted by Crippen LogP contribution is 2.42. The molecule has 0 fully saturated rings. The maximum Gasteiger partial charge on any atom is 0.0462 e. The van der Waals surface area contributed by atoms with Gasteiger partial charge in [-0.2, -0.15) is 0 Å². The van der Waals surface area contributed by atoms with Crippen molar-refractivity contribution in [3.05, 3.63) is 271 Å². The Bertz CT molecular complexity index is 3440. The molecule has 0 spiro atoms. The van der Waals surface area contributed by atoms with Crippen molar-refractivity contribution in [1.29, 1.82) is 0 Å². The second kappa shape index (κ2) is 18.0. The highest BCUT2D eigenvalue weighted by molar-refractivity contribution is 6.03. The van der Waals surface area contributed by atoms with E-state index in [0.29, 0.717) is 0 Å². The third kappa shape index (κ3) is 7.92. The maximum absolute atomic E-state index is 2.38. The molecule has 0 N–H and O–H groups in total. The second-order valence-electron chi connectivity index (χ2n) is 18.6. The zero-order valence-electron chi connectivity index (χ0n) is 39.7. The molecule has 0 aliphatic carbocycles. The summed E-state index contributed by atoms with van der Waals surface area (Å²) in [5.74, 6) is 0. The predicted molar refractivity (Wildman–Crippen MR) is 300 cm³/mol. The molecule has 12 aromatic rings. The molecule has 1 nitrogen and oxygen atoms in total. The quantitative estimate of drug-likeness (QED) is 0.140. The van der Waals surface area contributed by atoms with E-state index in [2.05, 4.69) is 280 Å². The van der Waals surface area contributed by atoms with Gasteiger partial charge in [0.25, 0.3) is 0 Å². The minimum absolute atomic E-state index is 1.09. The number of rotatable bonds is 9. The topological polar surface area (TPSA) is 3.24 Å². The molecule has 0 radical (unpaired) electrons. The normalized spacial score (nSPS) is 11.4. The van der Waals surface area contributed by atoms with Crippen LogP contribution in [0.1, 0.15) is 16.7 Å². The number of anilines is 3. The summed E-state index contributed by atoms with van der Waals surface area (Å²) in [5.41, 5.74) is 21.8. The number of nitrogens with zero attached hydrogens (tertiary/aromatic N) is 1. The van der Waals surface area contributed by atoms with Crippen molar-refractivity contribution in [1.82, 2.24) is 0 Å². The van der Waals surface area contributed by atoms with Crippen molar-refractivity contribution in [3.63, 3.8) is 0 Å². The van der Waals surface area contributed by atoms with Crippen LogP contribution in [0.15, 0.2) is 255 Å². The Labute approximate surface area is 411 Å². The van der Waals surface area contributed by atoms with Crippen LogP contribution in [0.5, 0.6) is 0 Å². The lowest BCUT2D eigenvalue weighted by atomic mass is 9.92. The lowest BCUT2D eigenvalue weighted by Gasteiger charge is -2.26. The molecule has 70 heavy (non-hydrogen) atoms. The molecule has 0 amide bonds. The summed E-state index contributed by atoms with van der Waals surface area (Å²) in [4.78, 5) is 2.38. The number of benzene rings is 12. The van der Waals surface area contributed by atoms with E-state index in [-0.39, 0.29) is 0 Å². The van der Waals surface area contributed by atoms with E-state index in [9.17, 15) is 0 Å². The van der Waals surface area contributed by atoms with Gasteiger partial charge in [0.1, 0.15) is 0 Å². The Kier molecular flexibility index (Phi) is 11.0. The van der Waals surface area contributed by atoms with Crippen LogP contribution >= 0.6 is 0 Å². The van der Waals surface area contributed by atoms with Crippen molar-refractivity contribution < 1.29 is 0 Å². The van der Waals surface area contributed by atoms with Gasteiger partial charge in [-0.1, -0.05) is 200 Å². The predicted octanol–water partition coefficient (Wildman–Crippen LogP) is 19.5. The summed E-state index contributed by atoms with van der Waals surface area (Å²) in [5, 5.41) is 7.61. The van der Waals surface area contributed by atoms with Gasteiger partial charge < -0.3 is 4.90 Å². The smallest absolute Gasteiger partial charge is 0.0462 e. The number of aryl methyl sites for hydroxylation is 3. The van der Waals surface area contributed by atoms with Crippen LogP contribution in [0.2, 0.25) is 0 Å². The molecule has 332 valence electrons. The first kappa shape index (κ1) is 42.6. The first-order valence-electron chi connectivity index (χ1n) is 24.3. The first-order valence-corrected chi connectivity index (χ1v) is 24.3. The minimum Gasteiger partial charge on any atom is -0.311 e. The third-order valence-corrected chi connectivity index (χ3v) is 14.3. The van der Waals surface area contributed by atoms with E-state index in [4.69, 9.17) is 0 Å². The van der Waals surface area contributed by atoms with Gasteiger partial charge in [0.05, 0.1) is 0 Å². The maximum atomic E-state index is 2.38. The number of hydrogen-bond donors (Lipinski definition) is 0. The summed E-state index contributed by atoms with van der Waals surface area (Å²) in [7, 11) is 0. The van der Waals surface area contributed by atoms with Gasteiger partial charge in [-0.15, -0.1) is 0 Å². The molecule has 1 heteroatoms. The van der Waals surface area contributed by atoms with E-state index in [1.54, 1.807) is 0 Å². The average molecular weight is 894 g/mol. The number of hydrogen-bond acceptors (Lipinski definition) is 1. The van der Waals surface area contributed by atoms with Crippen molar-refractivity contribution in [2.24, 2.45) is 0 Å². The lowest BCUT2D eigenvalue weighted by molar-refractivity contribution is 1.28. The van der Waals surface area contributed by atoms with E-state index in [0.717, 1.165) is 17.1 Å². The molecule has 0 atom stereocenters. The Balaban J connectivity index is 0.927. The largest absolute Gasteiger partial charge is 0.311 e. The van der Waals surface area contributed by atoms with E-state index in [1.165, 1.54) is 116 Å². The van der Waals surface area contributed by atoms with Crippen molar-refractivity contribution in [2.75, 3.05) is 4.90 Å². The molecule has 0 aliphatic rings. The van der Waals surface area contributed by atoms with Gasteiger partial charge in [-0.05, 0) is 191 Å². The molecular weight excluding hydrogens is 843 g/mol. The molecule has 0 saturated carbocycles. The molecule has 0 aromatic heterocycles. The van der Waals surface area contributed by atoms with Gasteiger partial charge in [0, 0.05) is 17.1 Å². The molecule has 0 bridgehead atoms. The molecule has 12 rings (SSSR count). The van der Waals surface area contributed by atoms with Crippen LogP contribution in [-0.2, 0) is 0 Å². The summed E-state index contributed by atoms with van der Waals surface area (Å²) >= 11 is 0. The van der Waals surface area contributed by atoms with Gasteiger partial charge in [0.15, 0.2) is 0 Å². The van der Waals surface area contributed by atoms with Crippen LogP contribution in [0.25, 0.3) is 99.1 Å². The van der Waals surface area contributed by atoms with Gasteiger partial charge >= 0.3 is 0 Å². The van der Waals surface area contributed by atoms with Crippen LogP contribution < -0.4 is 4.90 Å². The molecule has 0 heterocycles.